The zero-order valence-corrected chi connectivity index (χ0v) is 21.3. The highest BCUT2D eigenvalue weighted by molar-refractivity contribution is 7.91. The fourth-order valence-corrected chi connectivity index (χ4v) is 7.01. The number of hydrogen-bond acceptors (Lipinski definition) is 5. The molecule has 1 aliphatic rings. The molecule has 1 N–H and O–H groups in total. The SMILES string of the molecule is CC1(NC(=O)c2ccc3c(-c4cccc(-n5cccn5)c4)nn(-c4ccc(F)cc4)c3c2)CCS(=O)(=O)C1. The summed E-state index contributed by atoms with van der Waals surface area (Å²) in [4.78, 5) is 13.2. The maximum atomic E-state index is 13.7. The number of hydrogen-bond donors (Lipinski definition) is 1. The van der Waals surface area contributed by atoms with E-state index < -0.39 is 15.4 Å². The fraction of sp³-hybridized carbons (Fsp3) is 0.179. The van der Waals surface area contributed by atoms with Crippen molar-refractivity contribution in [3.8, 4) is 22.6 Å². The third-order valence-electron chi connectivity index (χ3n) is 6.82. The lowest BCUT2D eigenvalue weighted by molar-refractivity contribution is 0.0915. The molecule has 5 aromatic rings. The number of benzene rings is 3. The van der Waals surface area contributed by atoms with Crippen LogP contribution < -0.4 is 5.32 Å². The summed E-state index contributed by atoms with van der Waals surface area (Å²) in [5.41, 5.74) is 3.27. The quantitative estimate of drug-likeness (QED) is 0.366. The Labute approximate surface area is 218 Å². The summed E-state index contributed by atoms with van der Waals surface area (Å²) in [5, 5.41) is 12.9. The van der Waals surface area contributed by atoms with Crippen molar-refractivity contribution < 1.29 is 17.6 Å². The highest BCUT2D eigenvalue weighted by atomic mass is 32.2. The fourth-order valence-electron chi connectivity index (χ4n) is 4.92. The molecule has 1 fully saturated rings. The molecule has 2 aromatic heterocycles. The lowest BCUT2D eigenvalue weighted by Gasteiger charge is -2.23. The van der Waals surface area contributed by atoms with Crippen LogP contribution in [0.2, 0.25) is 0 Å². The second-order valence-electron chi connectivity index (χ2n) is 9.83. The maximum absolute atomic E-state index is 13.7. The molecule has 1 amide bonds. The van der Waals surface area contributed by atoms with Gasteiger partial charge in [-0.15, -0.1) is 0 Å². The van der Waals surface area contributed by atoms with E-state index in [-0.39, 0.29) is 23.2 Å². The third kappa shape index (κ3) is 4.47. The first-order valence-electron chi connectivity index (χ1n) is 12.1. The molecule has 1 atom stereocenters. The molecule has 0 saturated carbocycles. The monoisotopic (exact) mass is 529 g/mol. The molecule has 0 radical (unpaired) electrons. The van der Waals surface area contributed by atoms with E-state index in [2.05, 4.69) is 10.4 Å². The van der Waals surface area contributed by atoms with Crippen LogP contribution in [-0.2, 0) is 9.84 Å². The predicted molar refractivity (Wildman–Crippen MR) is 143 cm³/mol. The smallest absolute Gasteiger partial charge is 0.251 e. The van der Waals surface area contributed by atoms with Crippen LogP contribution in [0.5, 0.6) is 0 Å². The van der Waals surface area contributed by atoms with E-state index in [1.807, 2.05) is 42.6 Å². The van der Waals surface area contributed by atoms with Crippen molar-refractivity contribution in [2.45, 2.75) is 18.9 Å². The van der Waals surface area contributed by atoms with Crippen molar-refractivity contribution in [1.82, 2.24) is 24.9 Å². The molecule has 6 rings (SSSR count). The number of amides is 1. The molecule has 0 spiro atoms. The van der Waals surface area contributed by atoms with E-state index in [9.17, 15) is 17.6 Å². The van der Waals surface area contributed by atoms with Crippen LogP contribution in [0.25, 0.3) is 33.5 Å². The normalized spacial score (nSPS) is 18.6. The minimum atomic E-state index is -3.18. The molecule has 3 aromatic carbocycles. The number of sulfone groups is 1. The summed E-state index contributed by atoms with van der Waals surface area (Å²) < 4.78 is 41.1. The van der Waals surface area contributed by atoms with Crippen molar-refractivity contribution in [2.24, 2.45) is 0 Å². The molecule has 1 saturated heterocycles. The van der Waals surface area contributed by atoms with Gasteiger partial charge in [0, 0.05) is 28.9 Å². The van der Waals surface area contributed by atoms with Crippen molar-refractivity contribution >= 4 is 26.6 Å². The number of carbonyl (C=O) groups excluding carboxylic acids is 1. The number of rotatable bonds is 5. The largest absolute Gasteiger partial charge is 0.346 e. The standard InChI is InChI=1S/C28H24FN5O3S/c1-28(12-15-38(36,37)18-28)31-27(35)20-6-11-24-25(17-20)34(22-9-7-21(29)8-10-22)32-26(24)19-4-2-5-23(16-19)33-14-3-13-30-33/h2-11,13-14,16-17H,12,15,18H2,1H3,(H,31,35). The van der Waals surface area contributed by atoms with Gasteiger partial charge in [0.25, 0.3) is 5.91 Å². The minimum absolute atomic E-state index is 0.0567. The van der Waals surface area contributed by atoms with Crippen molar-refractivity contribution in [3.05, 3.63) is 96.6 Å². The van der Waals surface area contributed by atoms with Gasteiger partial charge >= 0.3 is 0 Å². The number of carbonyl (C=O) groups is 1. The molecule has 192 valence electrons. The van der Waals surface area contributed by atoms with E-state index in [0.29, 0.717) is 28.9 Å². The number of aromatic nitrogens is 4. The molecule has 10 heteroatoms. The first kappa shape index (κ1) is 24.1. The van der Waals surface area contributed by atoms with Gasteiger partial charge in [-0.1, -0.05) is 12.1 Å². The van der Waals surface area contributed by atoms with Crippen LogP contribution in [0, 0.1) is 5.82 Å². The summed E-state index contributed by atoms with van der Waals surface area (Å²) in [6, 6.07) is 20.9. The molecular formula is C28H24FN5O3S. The summed E-state index contributed by atoms with van der Waals surface area (Å²) >= 11 is 0. The zero-order chi connectivity index (χ0) is 26.5. The van der Waals surface area contributed by atoms with Crippen LogP contribution in [0.1, 0.15) is 23.7 Å². The average molecular weight is 530 g/mol. The second-order valence-corrected chi connectivity index (χ2v) is 12.0. The van der Waals surface area contributed by atoms with E-state index >= 15 is 0 Å². The molecule has 3 heterocycles. The molecule has 1 aliphatic heterocycles. The van der Waals surface area contributed by atoms with Gasteiger partial charge in [0.1, 0.15) is 11.5 Å². The average Bonchev–Trinajstić information content (AvgIpc) is 3.62. The van der Waals surface area contributed by atoms with Crippen LogP contribution in [0.15, 0.2) is 85.2 Å². The van der Waals surface area contributed by atoms with Crippen molar-refractivity contribution in [2.75, 3.05) is 11.5 Å². The van der Waals surface area contributed by atoms with Gasteiger partial charge in [-0.2, -0.15) is 10.2 Å². The first-order chi connectivity index (χ1) is 18.2. The molecule has 0 aliphatic carbocycles. The van der Waals surface area contributed by atoms with Gasteiger partial charge in [0.15, 0.2) is 9.84 Å². The number of nitrogens with one attached hydrogen (secondary N) is 1. The topological polar surface area (TPSA) is 98.9 Å². The second kappa shape index (κ2) is 8.91. The molecule has 8 nitrogen and oxygen atoms in total. The van der Waals surface area contributed by atoms with Crippen LogP contribution in [-0.4, -0.2) is 50.9 Å². The number of nitrogens with zero attached hydrogens (tertiary/aromatic N) is 4. The summed E-state index contributed by atoms with van der Waals surface area (Å²) in [6.45, 7) is 1.75. The number of halogens is 1. The van der Waals surface area contributed by atoms with Crippen LogP contribution >= 0.6 is 0 Å². The Balaban J connectivity index is 1.45. The summed E-state index contributed by atoms with van der Waals surface area (Å²) in [5.74, 6) is -0.753. The van der Waals surface area contributed by atoms with E-state index in [1.165, 1.54) is 12.1 Å². The Bertz CT molecular complexity index is 1780. The highest BCUT2D eigenvalue weighted by Gasteiger charge is 2.39. The Morgan fingerprint density at radius 2 is 1.84 bits per heavy atom. The van der Waals surface area contributed by atoms with Gasteiger partial charge in [-0.05, 0) is 74.0 Å². The predicted octanol–water partition coefficient (Wildman–Crippen LogP) is 4.32. The van der Waals surface area contributed by atoms with E-state index in [0.717, 1.165) is 16.6 Å². The van der Waals surface area contributed by atoms with Crippen molar-refractivity contribution in [3.63, 3.8) is 0 Å². The molecule has 38 heavy (non-hydrogen) atoms. The Morgan fingerprint density at radius 1 is 1.03 bits per heavy atom. The van der Waals surface area contributed by atoms with Gasteiger partial charge in [0.2, 0.25) is 0 Å². The summed E-state index contributed by atoms with van der Waals surface area (Å²) in [6.07, 6.45) is 3.93. The van der Waals surface area contributed by atoms with E-state index in [4.69, 9.17) is 5.10 Å². The summed E-state index contributed by atoms with van der Waals surface area (Å²) in [7, 11) is -3.18. The maximum Gasteiger partial charge on any atom is 0.251 e. The van der Waals surface area contributed by atoms with Gasteiger partial charge < -0.3 is 5.32 Å². The van der Waals surface area contributed by atoms with Crippen LogP contribution in [0.3, 0.4) is 0 Å². The molecule has 0 bridgehead atoms. The third-order valence-corrected chi connectivity index (χ3v) is 8.72. The lowest BCUT2D eigenvalue weighted by Crippen LogP contribution is -2.46. The highest BCUT2D eigenvalue weighted by Crippen LogP contribution is 2.32. The molecular weight excluding hydrogens is 505 g/mol. The minimum Gasteiger partial charge on any atom is -0.346 e. The van der Waals surface area contributed by atoms with Gasteiger partial charge in [-0.3, -0.25) is 4.79 Å². The zero-order valence-electron chi connectivity index (χ0n) is 20.5. The van der Waals surface area contributed by atoms with Gasteiger partial charge in [-0.25, -0.2) is 22.2 Å². The first-order valence-corrected chi connectivity index (χ1v) is 13.9. The number of fused-ring (bicyclic) bond motifs is 1. The van der Waals surface area contributed by atoms with Crippen molar-refractivity contribution in [1.29, 1.82) is 0 Å². The van der Waals surface area contributed by atoms with Crippen LogP contribution in [0.4, 0.5) is 4.39 Å². The Morgan fingerprint density at radius 3 is 2.55 bits per heavy atom. The molecule has 1 unspecified atom stereocenters. The van der Waals surface area contributed by atoms with E-state index in [1.54, 1.807) is 46.7 Å². The Kier molecular flexibility index (Phi) is 5.64. The lowest BCUT2D eigenvalue weighted by atomic mass is 10.0. The van der Waals surface area contributed by atoms with Gasteiger partial charge in [0.05, 0.1) is 33.9 Å². The Hall–Kier alpha value is -4.31.